The van der Waals surface area contributed by atoms with E-state index < -0.39 is 0 Å². The van der Waals surface area contributed by atoms with Crippen molar-refractivity contribution in [3.8, 4) is 0 Å². The Kier molecular flexibility index (Phi) is 3.49. The molecule has 2 N–H and O–H groups in total. The molecule has 0 radical (unpaired) electrons. The Hall–Kier alpha value is -1.74. The number of nitrogen functional groups attached to an aromatic ring is 1. The SMILES string of the molecule is CN(Cc1cccnc1)c1cc(Cl)ccc1N. The summed E-state index contributed by atoms with van der Waals surface area (Å²) in [4.78, 5) is 6.14. The maximum Gasteiger partial charge on any atom is 0.0615 e. The third-order valence-corrected chi connectivity index (χ3v) is 2.78. The van der Waals surface area contributed by atoms with Crippen molar-refractivity contribution >= 4 is 23.0 Å². The van der Waals surface area contributed by atoms with Gasteiger partial charge in [0.2, 0.25) is 0 Å². The number of benzene rings is 1. The number of anilines is 2. The van der Waals surface area contributed by atoms with Crippen molar-refractivity contribution < 1.29 is 0 Å². The Morgan fingerprint density at radius 1 is 1.35 bits per heavy atom. The van der Waals surface area contributed by atoms with Gasteiger partial charge in [-0.05, 0) is 29.8 Å². The van der Waals surface area contributed by atoms with Crippen molar-refractivity contribution in [2.24, 2.45) is 0 Å². The molecule has 0 unspecified atom stereocenters. The molecule has 0 bridgehead atoms. The molecule has 0 fully saturated rings. The smallest absolute Gasteiger partial charge is 0.0615 e. The Bertz CT molecular complexity index is 499. The second-order valence-corrected chi connectivity index (χ2v) is 4.36. The number of hydrogen-bond acceptors (Lipinski definition) is 3. The van der Waals surface area contributed by atoms with Gasteiger partial charge in [0.05, 0.1) is 11.4 Å². The molecule has 1 aromatic carbocycles. The molecule has 0 aliphatic rings. The Morgan fingerprint density at radius 2 is 2.18 bits per heavy atom. The lowest BCUT2D eigenvalue weighted by molar-refractivity contribution is 0.917. The predicted octanol–water partition coefficient (Wildman–Crippen LogP) is 2.95. The molecule has 0 spiro atoms. The second kappa shape index (κ2) is 5.06. The third kappa shape index (κ3) is 2.88. The molecular formula is C13H14ClN3. The van der Waals surface area contributed by atoms with Gasteiger partial charge in [-0.15, -0.1) is 0 Å². The number of nitrogens with two attached hydrogens (primary N) is 1. The van der Waals surface area contributed by atoms with E-state index in [-0.39, 0.29) is 0 Å². The van der Waals surface area contributed by atoms with Crippen molar-refractivity contribution in [2.45, 2.75) is 6.54 Å². The summed E-state index contributed by atoms with van der Waals surface area (Å²) in [7, 11) is 1.98. The molecule has 2 rings (SSSR count). The maximum absolute atomic E-state index is 5.97. The Balaban J connectivity index is 2.20. The zero-order valence-electron chi connectivity index (χ0n) is 9.60. The van der Waals surface area contributed by atoms with Crippen LogP contribution in [0, 0.1) is 0 Å². The number of aromatic nitrogens is 1. The molecule has 0 saturated heterocycles. The lowest BCUT2D eigenvalue weighted by Gasteiger charge is -2.21. The van der Waals surface area contributed by atoms with Gasteiger partial charge in [0.15, 0.2) is 0 Å². The van der Waals surface area contributed by atoms with Crippen LogP contribution in [0.25, 0.3) is 0 Å². The van der Waals surface area contributed by atoms with Crippen LogP contribution in [-0.2, 0) is 6.54 Å². The van der Waals surface area contributed by atoms with E-state index in [4.69, 9.17) is 17.3 Å². The minimum absolute atomic E-state index is 0.687. The van der Waals surface area contributed by atoms with Gasteiger partial charge < -0.3 is 10.6 Å². The predicted molar refractivity (Wildman–Crippen MR) is 72.2 cm³/mol. The summed E-state index contributed by atoms with van der Waals surface area (Å²) in [5.74, 6) is 0. The maximum atomic E-state index is 5.97. The van der Waals surface area contributed by atoms with Crippen LogP contribution in [0.15, 0.2) is 42.7 Å². The zero-order chi connectivity index (χ0) is 12.3. The van der Waals surface area contributed by atoms with E-state index >= 15 is 0 Å². The highest BCUT2D eigenvalue weighted by Gasteiger charge is 2.06. The van der Waals surface area contributed by atoms with Crippen molar-refractivity contribution in [1.82, 2.24) is 4.98 Å². The summed E-state index contributed by atoms with van der Waals surface area (Å²) < 4.78 is 0. The monoisotopic (exact) mass is 247 g/mol. The van der Waals surface area contributed by atoms with Crippen LogP contribution < -0.4 is 10.6 Å². The van der Waals surface area contributed by atoms with E-state index in [9.17, 15) is 0 Å². The summed E-state index contributed by atoms with van der Waals surface area (Å²) in [6.45, 7) is 0.748. The molecule has 0 aliphatic carbocycles. The van der Waals surface area contributed by atoms with Crippen molar-refractivity contribution in [2.75, 3.05) is 17.7 Å². The topological polar surface area (TPSA) is 42.2 Å². The summed E-state index contributed by atoms with van der Waals surface area (Å²) >= 11 is 5.97. The average Bonchev–Trinajstić information content (AvgIpc) is 2.33. The van der Waals surface area contributed by atoms with Crippen LogP contribution in [-0.4, -0.2) is 12.0 Å². The first-order valence-corrected chi connectivity index (χ1v) is 5.69. The summed E-state index contributed by atoms with van der Waals surface area (Å²) in [5.41, 5.74) is 8.72. The Labute approximate surface area is 106 Å². The molecule has 0 saturated carbocycles. The van der Waals surface area contributed by atoms with Crippen LogP contribution in [0.4, 0.5) is 11.4 Å². The van der Waals surface area contributed by atoms with E-state index in [0.29, 0.717) is 5.02 Å². The largest absolute Gasteiger partial charge is 0.397 e. The fourth-order valence-corrected chi connectivity index (χ4v) is 1.86. The summed E-state index contributed by atoms with van der Waals surface area (Å²) in [6, 6.07) is 9.43. The zero-order valence-corrected chi connectivity index (χ0v) is 10.4. The van der Waals surface area contributed by atoms with E-state index in [2.05, 4.69) is 9.88 Å². The van der Waals surface area contributed by atoms with E-state index in [1.54, 1.807) is 12.3 Å². The van der Waals surface area contributed by atoms with Crippen LogP contribution in [0.1, 0.15) is 5.56 Å². The third-order valence-electron chi connectivity index (χ3n) is 2.55. The number of hydrogen-bond donors (Lipinski definition) is 1. The first-order valence-electron chi connectivity index (χ1n) is 5.32. The number of pyridine rings is 1. The molecule has 88 valence electrons. The molecule has 0 amide bonds. The number of nitrogens with zero attached hydrogens (tertiary/aromatic N) is 2. The van der Waals surface area contributed by atoms with Crippen molar-refractivity contribution in [3.63, 3.8) is 0 Å². The van der Waals surface area contributed by atoms with Gasteiger partial charge in [-0.25, -0.2) is 0 Å². The summed E-state index contributed by atoms with van der Waals surface area (Å²) in [6.07, 6.45) is 3.61. The summed E-state index contributed by atoms with van der Waals surface area (Å²) in [5, 5.41) is 0.687. The minimum Gasteiger partial charge on any atom is -0.397 e. The van der Waals surface area contributed by atoms with Crippen LogP contribution in [0.3, 0.4) is 0 Å². The van der Waals surface area contributed by atoms with Gasteiger partial charge in [-0.3, -0.25) is 4.98 Å². The highest BCUT2D eigenvalue weighted by atomic mass is 35.5. The fraction of sp³-hybridized carbons (Fsp3) is 0.154. The van der Waals surface area contributed by atoms with E-state index in [1.807, 2.05) is 37.5 Å². The van der Waals surface area contributed by atoms with Gasteiger partial charge in [-0.2, -0.15) is 0 Å². The first-order chi connectivity index (χ1) is 8.16. The quantitative estimate of drug-likeness (QED) is 0.848. The van der Waals surface area contributed by atoms with Crippen molar-refractivity contribution in [3.05, 3.63) is 53.3 Å². The molecule has 2 aromatic rings. The van der Waals surface area contributed by atoms with Gasteiger partial charge in [0, 0.05) is 31.0 Å². The molecular weight excluding hydrogens is 234 g/mol. The lowest BCUT2D eigenvalue weighted by Crippen LogP contribution is -2.17. The number of rotatable bonds is 3. The fourth-order valence-electron chi connectivity index (χ4n) is 1.70. The molecule has 1 heterocycles. The minimum atomic E-state index is 0.687. The van der Waals surface area contributed by atoms with Crippen LogP contribution in [0.2, 0.25) is 5.02 Å². The highest BCUT2D eigenvalue weighted by molar-refractivity contribution is 6.31. The highest BCUT2D eigenvalue weighted by Crippen LogP contribution is 2.26. The molecule has 17 heavy (non-hydrogen) atoms. The first kappa shape index (κ1) is 11.7. The van der Waals surface area contributed by atoms with Crippen LogP contribution >= 0.6 is 11.6 Å². The molecule has 1 aromatic heterocycles. The molecule has 0 atom stereocenters. The van der Waals surface area contributed by atoms with Crippen LogP contribution in [0.5, 0.6) is 0 Å². The van der Waals surface area contributed by atoms with Gasteiger partial charge in [0.1, 0.15) is 0 Å². The van der Waals surface area contributed by atoms with E-state index in [1.165, 1.54) is 0 Å². The van der Waals surface area contributed by atoms with Gasteiger partial charge >= 0.3 is 0 Å². The van der Waals surface area contributed by atoms with Gasteiger partial charge in [0.25, 0.3) is 0 Å². The second-order valence-electron chi connectivity index (χ2n) is 3.92. The average molecular weight is 248 g/mol. The van der Waals surface area contributed by atoms with Gasteiger partial charge in [-0.1, -0.05) is 17.7 Å². The normalized spacial score (nSPS) is 10.2. The lowest BCUT2D eigenvalue weighted by atomic mass is 10.2. The molecule has 3 nitrogen and oxygen atoms in total. The molecule has 4 heteroatoms. The van der Waals surface area contributed by atoms with Crippen molar-refractivity contribution in [1.29, 1.82) is 0 Å². The number of halogens is 1. The standard InChI is InChI=1S/C13H14ClN3/c1-17(9-10-3-2-6-16-8-10)13-7-11(14)4-5-12(13)15/h2-8H,9,15H2,1H3. The Morgan fingerprint density at radius 3 is 2.88 bits per heavy atom. The molecule has 0 aliphatic heterocycles. The van der Waals surface area contributed by atoms with E-state index in [0.717, 1.165) is 23.5 Å².